The number of benzene rings is 3. The molecule has 1 fully saturated rings. The minimum Gasteiger partial charge on any atom is -0.492 e. The number of ketones is 1. The molecular weight excluding hydrogens is 926 g/mol. The van der Waals surface area contributed by atoms with Crippen molar-refractivity contribution in [3.63, 3.8) is 0 Å². The molecule has 1 N–H and O–H groups in total. The number of hydrogen-bond acceptors (Lipinski definition) is 13. The van der Waals surface area contributed by atoms with Crippen LogP contribution in [0.5, 0.6) is 11.5 Å². The van der Waals surface area contributed by atoms with Crippen LogP contribution in [0.25, 0.3) is 21.7 Å². The molecule has 5 aromatic rings. The van der Waals surface area contributed by atoms with Crippen LogP contribution in [0.1, 0.15) is 33.3 Å². The molecule has 4 atom stereocenters. The molecule has 4 amide bonds. The quantitative estimate of drug-likeness (QED) is 0.0823. The largest absolute Gasteiger partial charge is 0.492 e. The van der Waals surface area contributed by atoms with Crippen molar-refractivity contribution in [3.05, 3.63) is 99.6 Å². The van der Waals surface area contributed by atoms with Crippen LogP contribution in [0.3, 0.4) is 0 Å². The molecule has 2 aromatic heterocycles. The molecule has 0 bridgehead atoms. The van der Waals surface area contributed by atoms with Crippen LogP contribution in [0.2, 0.25) is 0 Å². The van der Waals surface area contributed by atoms with Crippen LogP contribution < -0.4 is 14.4 Å². The van der Waals surface area contributed by atoms with Crippen molar-refractivity contribution in [2.24, 2.45) is 5.92 Å². The molecule has 0 radical (unpaired) electrons. The number of alkyl halides is 1. The maximum Gasteiger partial charge on any atom is 0.415 e. The van der Waals surface area contributed by atoms with Crippen molar-refractivity contribution in [1.82, 2.24) is 19.6 Å². The number of anilines is 1. The van der Waals surface area contributed by atoms with Crippen molar-refractivity contribution in [2.75, 3.05) is 84.1 Å². The first-order chi connectivity index (χ1) is 32.1. The maximum atomic E-state index is 14.2. The second-order valence-corrected chi connectivity index (χ2v) is 19.7. The van der Waals surface area contributed by atoms with Gasteiger partial charge in [-0.3, -0.25) is 23.5 Å². The number of amides is 4. The van der Waals surface area contributed by atoms with Gasteiger partial charge in [0.2, 0.25) is 5.91 Å². The lowest BCUT2D eigenvalue weighted by molar-refractivity contribution is -0.154. The summed E-state index contributed by atoms with van der Waals surface area (Å²) in [5, 5.41) is 13.0. The van der Waals surface area contributed by atoms with Gasteiger partial charge in [0.15, 0.2) is 5.76 Å². The Morgan fingerprint density at radius 1 is 0.940 bits per heavy atom. The monoisotopic (exact) mass is 973 g/mol. The zero-order chi connectivity index (χ0) is 47.7. The van der Waals surface area contributed by atoms with Crippen molar-refractivity contribution in [3.8, 4) is 11.5 Å². The van der Waals surface area contributed by atoms with Crippen molar-refractivity contribution in [1.29, 1.82) is 0 Å². The van der Waals surface area contributed by atoms with E-state index in [1.54, 1.807) is 35.2 Å². The topological polar surface area (TPSA) is 197 Å². The number of fused-ring (bicyclic) bond motifs is 5. The first-order valence-electron chi connectivity index (χ1n) is 21.4. The van der Waals surface area contributed by atoms with Crippen molar-refractivity contribution < 1.29 is 56.7 Å². The summed E-state index contributed by atoms with van der Waals surface area (Å²) in [4.78, 5) is 87.0. The van der Waals surface area contributed by atoms with Crippen molar-refractivity contribution >= 4 is 96.9 Å². The van der Waals surface area contributed by atoms with E-state index in [9.17, 15) is 38.1 Å². The highest BCUT2D eigenvalue weighted by atomic mass is 35.5. The van der Waals surface area contributed by atoms with E-state index in [2.05, 4.69) is 0 Å². The Bertz CT molecular complexity index is 2830. The number of hydrogen-bond donors (Lipinski definition) is 1. The molecule has 3 aliphatic heterocycles. The molecule has 5 heterocycles. The summed E-state index contributed by atoms with van der Waals surface area (Å²) >= 11 is 7.92. The normalized spacial score (nSPS) is 18.7. The number of aliphatic carboxylic acids is 1. The van der Waals surface area contributed by atoms with Gasteiger partial charge in [-0.1, -0.05) is 30.3 Å². The van der Waals surface area contributed by atoms with Gasteiger partial charge in [-0.25, -0.2) is 14.4 Å². The standard InChI is InChI=1S/C47H48ClN5O12S2/c1-49(2)15-16-62-31-11-12-37-27(18-31)19-39(64-37)43(56)52-24-28(23-48)40-34-10-6-5-9-33(34)38(22-36(40)52)65-47(60)51(4)14-13-50(3)46(59)63-25-29-26-67(61)44-35(42(55)53(44)41(29)45(57)58)21-30(54)20-32-8-7-17-66-32/h5-12,17-19,22,28,35,44H,13-16,20-21,23-26H2,1-4H3,(H,57,58)/t28-,35-,44-,67?/m1/s1. The number of β-lactam (4-membered cyclic amide) rings is 1. The van der Waals surface area contributed by atoms with Gasteiger partial charge >= 0.3 is 18.2 Å². The molecule has 1 unspecified atom stereocenters. The molecule has 8 rings (SSSR count). The SMILES string of the molecule is CN(C)CCOc1ccc2oc(C(=O)N3C[C@@H](CCl)c4c3cc(OC(=O)N(C)CCN(C)C(=O)OCC3=C(C(=O)O)N5C(=O)[C@@H](CC(=O)Cc6cccs6)[C@H]5S(=O)C3)c3ccccc43)cc2c1. The van der Waals surface area contributed by atoms with Gasteiger partial charge in [0.25, 0.3) is 5.91 Å². The van der Waals surface area contributed by atoms with Crippen LogP contribution in [-0.4, -0.2) is 149 Å². The Balaban J connectivity index is 0.902. The van der Waals surface area contributed by atoms with Crippen LogP contribution in [0.4, 0.5) is 15.3 Å². The number of nitrogens with zero attached hydrogens (tertiary/aromatic N) is 5. The number of carbonyl (C=O) groups excluding carboxylic acids is 5. The van der Waals surface area contributed by atoms with Gasteiger partial charge in [0.1, 0.15) is 47.1 Å². The smallest absolute Gasteiger partial charge is 0.415 e. The highest BCUT2D eigenvalue weighted by Gasteiger charge is 2.56. The molecule has 0 saturated carbocycles. The third-order valence-corrected chi connectivity index (χ3v) is 14.9. The van der Waals surface area contributed by atoms with E-state index in [0.29, 0.717) is 34.4 Å². The van der Waals surface area contributed by atoms with Crippen LogP contribution in [0, 0.1) is 5.92 Å². The Kier molecular flexibility index (Phi) is 14.0. The summed E-state index contributed by atoms with van der Waals surface area (Å²) in [5.74, 6) is -2.89. The zero-order valence-electron chi connectivity index (χ0n) is 37.1. The Morgan fingerprint density at radius 2 is 1.69 bits per heavy atom. The van der Waals surface area contributed by atoms with E-state index in [-0.39, 0.29) is 72.9 Å². The zero-order valence-corrected chi connectivity index (χ0v) is 39.5. The number of thiophene rings is 1. The highest BCUT2D eigenvalue weighted by molar-refractivity contribution is 7.86. The Hall–Kier alpha value is -6.28. The molecule has 3 aromatic carbocycles. The summed E-state index contributed by atoms with van der Waals surface area (Å²) in [6.07, 6.45) is -1.65. The molecule has 0 spiro atoms. The van der Waals surface area contributed by atoms with E-state index in [1.807, 2.05) is 60.8 Å². The highest BCUT2D eigenvalue weighted by Crippen LogP contribution is 2.46. The van der Waals surface area contributed by atoms with Gasteiger partial charge in [-0.05, 0) is 60.8 Å². The van der Waals surface area contributed by atoms with E-state index >= 15 is 0 Å². The lowest BCUT2D eigenvalue weighted by atomic mass is 9.89. The average molecular weight is 975 g/mol. The van der Waals surface area contributed by atoms with Gasteiger partial charge in [-0.15, -0.1) is 22.9 Å². The summed E-state index contributed by atoms with van der Waals surface area (Å²) in [7, 11) is 5.08. The summed E-state index contributed by atoms with van der Waals surface area (Å²) < 4.78 is 36.6. The number of rotatable bonds is 17. The summed E-state index contributed by atoms with van der Waals surface area (Å²) in [6.45, 7) is 0.909. The number of Topliss-reactive ketones (excluding diaryl/α,β-unsaturated/α-hetero) is 1. The second kappa shape index (κ2) is 19.9. The van der Waals surface area contributed by atoms with Crippen molar-refractivity contribution in [2.45, 2.75) is 24.1 Å². The molecular formula is C47H48ClN5O12S2. The third-order valence-electron chi connectivity index (χ3n) is 11.9. The summed E-state index contributed by atoms with van der Waals surface area (Å²) in [6, 6.07) is 19.7. The number of likely N-dealkylation sites (N-methyl/N-ethyl adjacent to an activating group) is 3. The number of carboxylic acid groups (broad SMARTS) is 1. The fourth-order valence-corrected chi connectivity index (χ4v) is 11.2. The molecule has 67 heavy (non-hydrogen) atoms. The minimum absolute atomic E-state index is 0.00613. The van der Waals surface area contributed by atoms with E-state index in [1.165, 1.54) is 35.2 Å². The number of carboxylic acids is 1. The molecule has 17 nitrogen and oxygen atoms in total. The molecule has 20 heteroatoms. The second-order valence-electron chi connectivity index (χ2n) is 16.8. The fourth-order valence-electron chi connectivity index (χ4n) is 8.46. The maximum absolute atomic E-state index is 14.2. The van der Waals surface area contributed by atoms with Gasteiger partial charge in [0, 0.05) is 103 Å². The predicted molar refractivity (Wildman–Crippen MR) is 251 cm³/mol. The third kappa shape index (κ3) is 9.77. The minimum atomic E-state index is -1.75. The first kappa shape index (κ1) is 47.2. The van der Waals surface area contributed by atoms with Gasteiger partial charge in [-0.2, -0.15) is 0 Å². The number of halogens is 1. The van der Waals surface area contributed by atoms with E-state index in [4.69, 9.17) is 30.2 Å². The fraction of sp³-hybridized carbons (Fsp3) is 0.362. The van der Waals surface area contributed by atoms with E-state index in [0.717, 1.165) is 27.3 Å². The number of ether oxygens (including phenoxy) is 3. The number of furan rings is 1. The Morgan fingerprint density at radius 3 is 2.39 bits per heavy atom. The Labute approximate surface area is 396 Å². The number of carbonyl (C=O) groups is 6. The van der Waals surface area contributed by atoms with Crippen LogP contribution in [-0.2, 0) is 36.3 Å². The lowest BCUT2D eigenvalue weighted by Gasteiger charge is -2.49. The van der Waals surface area contributed by atoms with Crippen LogP contribution >= 0.6 is 22.9 Å². The molecule has 0 aliphatic carbocycles. The average Bonchev–Trinajstić information content (AvgIpc) is 4.07. The molecule has 352 valence electrons. The van der Waals surface area contributed by atoms with Gasteiger partial charge < -0.3 is 43.3 Å². The molecule has 3 aliphatic rings. The summed E-state index contributed by atoms with van der Waals surface area (Å²) in [5.41, 5.74) is 1.46. The lowest BCUT2D eigenvalue weighted by Crippen LogP contribution is -2.65. The van der Waals surface area contributed by atoms with E-state index < -0.39 is 64.4 Å². The first-order valence-corrected chi connectivity index (χ1v) is 24.2. The predicted octanol–water partition coefficient (Wildman–Crippen LogP) is 6.16. The van der Waals surface area contributed by atoms with Crippen LogP contribution in [0.15, 0.2) is 87.8 Å². The van der Waals surface area contributed by atoms with Gasteiger partial charge in [0.05, 0.1) is 17.4 Å². The molecule has 1 saturated heterocycles.